The third kappa shape index (κ3) is 3.39. The van der Waals surface area contributed by atoms with Crippen molar-refractivity contribution in [2.45, 2.75) is 13.0 Å². The Bertz CT molecular complexity index is 470. The topological polar surface area (TPSA) is 61.8 Å². The van der Waals surface area contributed by atoms with Crippen LogP contribution in [0.15, 0.2) is 23.2 Å². The zero-order valence-electron chi connectivity index (χ0n) is 11.6. The number of aliphatic imine (C=N–C) groups is 1. The quantitative estimate of drug-likeness (QED) is 0.834. The molecule has 1 fully saturated rings. The van der Waals surface area contributed by atoms with Gasteiger partial charge in [0.25, 0.3) is 0 Å². The molecule has 0 spiro atoms. The first-order chi connectivity index (χ1) is 9.92. The van der Waals surface area contributed by atoms with E-state index in [1.807, 2.05) is 6.07 Å². The SMILES string of the molecule is c1cc(CNC2=NCCCN2)nc(N2CCOCC2)c1. The molecule has 0 bridgehead atoms. The van der Waals surface area contributed by atoms with Gasteiger partial charge in [0.05, 0.1) is 25.5 Å². The molecule has 108 valence electrons. The fourth-order valence-electron chi connectivity index (χ4n) is 2.36. The number of hydrogen-bond acceptors (Lipinski definition) is 6. The van der Waals surface area contributed by atoms with Gasteiger partial charge in [-0.15, -0.1) is 0 Å². The molecule has 0 aromatic carbocycles. The number of ether oxygens (including phenoxy) is 1. The number of morpholine rings is 1. The lowest BCUT2D eigenvalue weighted by Crippen LogP contribution is -2.40. The molecule has 0 saturated carbocycles. The zero-order chi connectivity index (χ0) is 13.6. The molecule has 0 amide bonds. The third-order valence-electron chi connectivity index (χ3n) is 3.46. The van der Waals surface area contributed by atoms with Crippen molar-refractivity contribution in [2.24, 2.45) is 4.99 Å². The molecule has 0 aliphatic carbocycles. The van der Waals surface area contributed by atoms with E-state index in [-0.39, 0.29) is 0 Å². The first-order valence-corrected chi connectivity index (χ1v) is 7.23. The van der Waals surface area contributed by atoms with Gasteiger partial charge in [-0.25, -0.2) is 4.98 Å². The summed E-state index contributed by atoms with van der Waals surface area (Å²) in [7, 11) is 0. The van der Waals surface area contributed by atoms with Crippen LogP contribution in [-0.4, -0.2) is 50.3 Å². The largest absolute Gasteiger partial charge is 0.378 e. The summed E-state index contributed by atoms with van der Waals surface area (Å²) >= 11 is 0. The molecule has 3 rings (SSSR count). The molecule has 1 aromatic heterocycles. The molecule has 1 aromatic rings. The minimum absolute atomic E-state index is 0.698. The van der Waals surface area contributed by atoms with Gasteiger partial charge >= 0.3 is 0 Å². The smallest absolute Gasteiger partial charge is 0.191 e. The van der Waals surface area contributed by atoms with E-state index in [1.165, 1.54) is 0 Å². The van der Waals surface area contributed by atoms with Crippen LogP contribution in [0.2, 0.25) is 0 Å². The summed E-state index contributed by atoms with van der Waals surface area (Å²) in [5.74, 6) is 1.92. The Morgan fingerprint density at radius 2 is 2.20 bits per heavy atom. The van der Waals surface area contributed by atoms with Crippen molar-refractivity contribution in [1.29, 1.82) is 0 Å². The number of anilines is 1. The maximum Gasteiger partial charge on any atom is 0.191 e. The Morgan fingerprint density at radius 3 is 3.00 bits per heavy atom. The van der Waals surface area contributed by atoms with Gasteiger partial charge in [0, 0.05) is 26.2 Å². The Labute approximate surface area is 119 Å². The number of hydrogen-bond donors (Lipinski definition) is 2. The molecule has 6 heteroatoms. The summed E-state index contributed by atoms with van der Waals surface area (Å²) in [6.45, 7) is 5.99. The molecular formula is C14H21N5O. The van der Waals surface area contributed by atoms with Gasteiger partial charge in [-0.1, -0.05) is 6.07 Å². The highest BCUT2D eigenvalue weighted by Gasteiger charge is 2.12. The number of nitrogens with zero attached hydrogens (tertiary/aromatic N) is 3. The Kier molecular flexibility index (Phi) is 4.32. The molecular weight excluding hydrogens is 254 g/mol. The second-order valence-corrected chi connectivity index (χ2v) is 4.95. The van der Waals surface area contributed by atoms with E-state index >= 15 is 0 Å². The normalized spacial score (nSPS) is 19.2. The lowest BCUT2D eigenvalue weighted by atomic mass is 10.3. The van der Waals surface area contributed by atoms with E-state index in [0.29, 0.717) is 6.54 Å². The number of nitrogens with one attached hydrogen (secondary N) is 2. The molecule has 0 radical (unpaired) electrons. The highest BCUT2D eigenvalue weighted by Crippen LogP contribution is 2.13. The van der Waals surface area contributed by atoms with Crippen LogP contribution < -0.4 is 15.5 Å². The van der Waals surface area contributed by atoms with Gasteiger partial charge in [-0.05, 0) is 18.6 Å². The third-order valence-corrected chi connectivity index (χ3v) is 3.46. The van der Waals surface area contributed by atoms with E-state index in [4.69, 9.17) is 9.72 Å². The van der Waals surface area contributed by atoms with E-state index < -0.39 is 0 Å². The van der Waals surface area contributed by atoms with Crippen LogP contribution in [0.4, 0.5) is 5.82 Å². The maximum atomic E-state index is 5.37. The van der Waals surface area contributed by atoms with Crippen molar-refractivity contribution in [2.75, 3.05) is 44.3 Å². The summed E-state index contributed by atoms with van der Waals surface area (Å²) in [4.78, 5) is 11.4. The van der Waals surface area contributed by atoms with E-state index in [2.05, 4.69) is 32.7 Å². The number of rotatable bonds is 3. The van der Waals surface area contributed by atoms with Crippen LogP contribution in [0.1, 0.15) is 12.1 Å². The minimum atomic E-state index is 0.698. The number of guanidine groups is 1. The van der Waals surface area contributed by atoms with Crippen molar-refractivity contribution in [3.8, 4) is 0 Å². The summed E-state index contributed by atoms with van der Waals surface area (Å²) in [6.07, 6.45) is 1.11. The zero-order valence-corrected chi connectivity index (χ0v) is 11.6. The maximum absolute atomic E-state index is 5.37. The molecule has 6 nitrogen and oxygen atoms in total. The summed E-state index contributed by atoms with van der Waals surface area (Å²) in [5.41, 5.74) is 1.03. The highest BCUT2D eigenvalue weighted by atomic mass is 16.5. The van der Waals surface area contributed by atoms with Gasteiger partial charge in [-0.2, -0.15) is 0 Å². The first-order valence-electron chi connectivity index (χ1n) is 7.23. The van der Waals surface area contributed by atoms with Gasteiger partial charge in [-0.3, -0.25) is 4.99 Å². The molecule has 0 atom stereocenters. The fourth-order valence-corrected chi connectivity index (χ4v) is 2.36. The lowest BCUT2D eigenvalue weighted by Gasteiger charge is -2.28. The number of aromatic nitrogens is 1. The molecule has 3 heterocycles. The fraction of sp³-hybridized carbons (Fsp3) is 0.571. The Morgan fingerprint density at radius 1 is 1.30 bits per heavy atom. The molecule has 0 unspecified atom stereocenters. The monoisotopic (exact) mass is 275 g/mol. The standard InChI is InChI=1S/C14H21N5O/c1-3-12(11-17-14-15-5-2-6-16-14)18-13(4-1)19-7-9-20-10-8-19/h1,3-4H,2,5-11H2,(H2,15,16,17). The molecule has 1 saturated heterocycles. The van der Waals surface area contributed by atoms with Crippen LogP contribution in [0.25, 0.3) is 0 Å². The Hall–Kier alpha value is -1.82. The molecule has 2 aliphatic rings. The molecule has 2 aliphatic heterocycles. The second kappa shape index (κ2) is 6.56. The molecule has 2 N–H and O–H groups in total. The Balaban J connectivity index is 1.60. The van der Waals surface area contributed by atoms with Gasteiger partial charge in [0.1, 0.15) is 5.82 Å². The first kappa shape index (κ1) is 13.2. The van der Waals surface area contributed by atoms with Gasteiger partial charge < -0.3 is 20.3 Å². The average Bonchev–Trinajstić information content (AvgIpc) is 2.55. The number of pyridine rings is 1. The summed E-state index contributed by atoms with van der Waals surface area (Å²) in [6, 6.07) is 6.16. The van der Waals surface area contributed by atoms with E-state index in [1.54, 1.807) is 0 Å². The average molecular weight is 275 g/mol. The van der Waals surface area contributed by atoms with Crippen molar-refractivity contribution in [3.63, 3.8) is 0 Å². The lowest BCUT2D eigenvalue weighted by molar-refractivity contribution is 0.122. The minimum Gasteiger partial charge on any atom is -0.378 e. The van der Waals surface area contributed by atoms with Gasteiger partial charge in [0.15, 0.2) is 5.96 Å². The second-order valence-electron chi connectivity index (χ2n) is 4.95. The predicted molar refractivity (Wildman–Crippen MR) is 79.0 cm³/mol. The van der Waals surface area contributed by atoms with Crippen LogP contribution in [0, 0.1) is 0 Å². The van der Waals surface area contributed by atoms with Crippen molar-refractivity contribution in [3.05, 3.63) is 23.9 Å². The van der Waals surface area contributed by atoms with Crippen LogP contribution in [-0.2, 0) is 11.3 Å². The van der Waals surface area contributed by atoms with Crippen LogP contribution >= 0.6 is 0 Å². The van der Waals surface area contributed by atoms with Crippen molar-refractivity contribution < 1.29 is 4.74 Å². The summed E-state index contributed by atoms with van der Waals surface area (Å²) < 4.78 is 5.37. The van der Waals surface area contributed by atoms with Crippen LogP contribution in [0.5, 0.6) is 0 Å². The van der Waals surface area contributed by atoms with E-state index in [0.717, 1.165) is 63.3 Å². The van der Waals surface area contributed by atoms with Crippen molar-refractivity contribution >= 4 is 11.8 Å². The summed E-state index contributed by atoms with van der Waals surface area (Å²) in [5, 5.41) is 6.55. The predicted octanol–water partition coefficient (Wildman–Crippen LogP) is 0.357. The van der Waals surface area contributed by atoms with Gasteiger partial charge in [0.2, 0.25) is 0 Å². The molecule has 20 heavy (non-hydrogen) atoms. The van der Waals surface area contributed by atoms with Crippen LogP contribution in [0.3, 0.4) is 0 Å². The van der Waals surface area contributed by atoms with E-state index in [9.17, 15) is 0 Å². The highest BCUT2D eigenvalue weighted by molar-refractivity contribution is 5.80. The van der Waals surface area contributed by atoms with Crippen molar-refractivity contribution in [1.82, 2.24) is 15.6 Å².